The molecule has 29 heavy (non-hydrogen) atoms. The maximum absolute atomic E-state index is 13.1. The highest BCUT2D eigenvalue weighted by atomic mass is 32.2. The van der Waals surface area contributed by atoms with Gasteiger partial charge in [0.25, 0.3) is 10.0 Å². The summed E-state index contributed by atoms with van der Waals surface area (Å²) < 4.78 is 33.5. The highest BCUT2D eigenvalue weighted by molar-refractivity contribution is 7.92. The first-order valence-electron chi connectivity index (χ1n) is 10.5. The number of aromatic nitrogens is 1. The molecule has 0 saturated carbocycles. The van der Waals surface area contributed by atoms with Crippen molar-refractivity contribution in [3.63, 3.8) is 0 Å². The number of rotatable bonds is 6. The zero-order valence-corrected chi connectivity index (χ0v) is 17.7. The van der Waals surface area contributed by atoms with Crippen molar-refractivity contribution in [3.8, 4) is 0 Å². The fourth-order valence-electron chi connectivity index (χ4n) is 4.40. The summed E-state index contributed by atoms with van der Waals surface area (Å²) in [5.41, 5.74) is 0.662. The smallest absolute Gasteiger partial charge is 0.265 e. The summed E-state index contributed by atoms with van der Waals surface area (Å²) in [6.45, 7) is 4.99. The van der Waals surface area contributed by atoms with Crippen LogP contribution in [0.4, 0.5) is 11.5 Å². The van der Waals surface area contributed by atoms with Crippen molar-refractivity contribution in [1.29, 1.82) is 0 Å². The normalized spacial score (nSPS) is 20.7. The van der Waals surface area contributed by atoms with Crippen LogP contribution >= 0.6 is 0 Å². The van der Waals surface area contributed by atoms with Crippen LogP contribution in [0.2, 0.25) is 0 Å². The van der Waals surface area contributed by atoms with Gasteiger partial charge >= 0.3 is 0 Å². The largest absolute Gasteiger partial charge is 0.378 e. The Balaban J connectivity index is 1.45. The number of nitrogens with zero attached hydrogens (tertiary/aromatic N) is 3. The minimum atomic E-state index is -3.64. The van der Waals surface area contributed by atoms with Crippen LogP contribution in [0.3, 0.4) is 0 Å². The van der Waals surface area contributed by atoms with E-state index in [1.807, 2.05) is 31.2 Å². The van der Waals surface area contributed by atoms with Gasteiger partial charge in [-0.1, -0.05) is 18.2 Å². The SMILES string of the molecule is CCN(c1ccccc1)S(=O)(=O)c1ccc(N2CCC(C3CCCO3)CC2)nc1. The van der Waals surface area contributed by atoms with Crippen LogP contribution in [0, 0.1) is 5.92 Å². The molecule has 0 amide bonds. The van der Waals surface area contributed by atoms with E-state index in [9.17, 15) is 8.42 Å². The number of anilines is 2. The highest BCUT2D eigenvalue weighted by Crippen LogP contribution is 2.31. The van der Waals surface area contributed by atoms with Crippen molar-refractivity contribution in [1.82, 2.24) is 4.98 Å². The maximum atomic E-state index is 13.1. The predicted molar refractivity (Wildman–Crippen MR) is 115 cm³/mol. The molecule has 2 aliphatic rings. The number of ether oxygens (including phenoxy) is 1. The molecule has 2 aromatic rings. The lowest BCUT2D eigenvalue weighted by Gasteiger charge is -2.35. The summed E-state index contributed by atoms with van der Waals surface area (Å²) in [4.78, 5) is 6.96. The molecule has 0 radical (unpaired) electrons. The van der Waals surface area contributed by atoms with Gasteiger partial charge in [0, 0.05) is 32.4 Å². The molecule has 4 rings (SSSR count). The van der Waals surface area contributed by atoms with E-state index in [2.05, 4.69) is 9.88 Å². The van der Waals surface area contributed by atoms with Gasteiger partial charge in [-0.05, 0) is 62.8 Å². The lowest BCUT2D eigenvalue weighted by atomic mass is 9.90. The van der Waals surface area contributed by atoms with E-state index in [1.165, 1.54) is 23.3 Å². The number of piperidine rings is 1. The van der Waals surface area contributed by atoms with Gasteiger partial charge in [-0.2, -0.15) is 0 Å². The molecule has 0 aliphatic carbocycles. The molecule has 0 spiro atoms. The van der Waals surface area contributed by atoms with E-state index >= 15 is 0 Å². The Bertz CT molecular complexity index is 889. The molecule has 1 unspecified atom stereocenters. The molecule has 7 heteroatoms. The molecule has 156 valence electrons. The van der Waals surface area contributed by atoms with Gasteiger partial charge in [-0.15, -0.1) is 0 Å². The zero-order valence-electron chi connectivity index (χ0n) is 16.9. The van der Waals surface area contributed by atoms with Crippen LogP contribution < -0.4 is 9.21 Å². The summed E-state index contributed by atoms with van der Waals surface area (Å²) in [6, 6.07) is 12.7. The fourth-order valence-corrected chi connectivity index (χ4v) is 5.82. The number of pyridine rings is 1. The molecular formula is C22H29N3O3S. The van der Waals surface area contributed by atoms with E-state index in [0.29, 0.717) is 24.3 Å². The fraction of sp³-hybridized carbons (Fsp3) is 0.500. The molecule has 2 fully saturated rings. The predicted octanol–water partition coefficient (Wildman–Crippen LogP) is 3.69. The molecular weight excluding hydrogens is 386 g/mol. The zero-order chi connectivity index (χ0) is 20.3. The summed E-state index contributed by atoms with van der Waals surface area (Å²) >= 11 is 0. The van der Waals surface area contributed by atoms with Crippen LogP contribution in [0.15, 0.2) is 53.6 Å². The second-order valence-corrected chi connectivity index (χ2v) is 9.60. The Morgan fingerprint density at radius 2 is 1.86 bits per heavy atom. The van der Waals surface area contributed by atoms with Crippen molar-refractivity contribution >= 4 is 21.5 Å². The van der Waals surface area contributed by atoms with Crippen LogP contribution in [0.1, 0.15) is 32.6 Å². The number of para-hydroxylation sites is 1. The summed E-state index contributed by atoms with van der Waals surface area (Å²) in [7, 11) is -3.64. The Morgan fingerprint density at radius 1 is 1.10 bits per heavy atom. The van der Waals surface area contributed by atoms with Crippen LogP contribution in [-0.2, 0) is 14.8 Å². The summed E-state index contributed by atoms with van der Waals surface area (Å²) in [5.74, 6) is 1.48. The Morgan fingerprint density at radius 3 is 2.45 bits per heavy atom. The van der Waals surface area contributed by atoms with Crippen LogP contribution in [0.25, 0.3) is 0 Å². The summed E-state index contributed by atoms with van der Waals surface area (Å²) in [6.07, 6.45) is 6.48. The van der Waals surface area contributed by atoms with Gasteiger partial charge in [0.15, 0.2) is 0 Å². The van der Waals surface area contributed by atoms with E-state index in [0.717, 1.165) is 38.4 Å². The molecule has 3 heterocycles. The lowest BCUT2D eigenvalue weighted by Crippen LogP contribution is -2.38. The van der Waals surface area contributed by atoms with Gasteiger partial charge in [-0.25, -0.2) is 13.4 Å². The molecule has 1 aromatic heterocycles. The van der Waals surface area contributed by atoms with E-state index in [4.69, 9.17) is 4.74 Å². The highest BCUT2D eigenvalue weighted by Gasteiger charge is 2.30. The Labute approximate surface area is 173 Å². The van der Waals surface area contributed by atoms with Crippen molar-refractivity contribution in [2.75, 3.05) is 35.4 Å². The maximum Gasteiger partial charge on any atom is 0.265 e. The van der Waals surface area contributed by atoms with Gasteiger partial charge in [0.1, 0.15) is 10.7 Å². The van der Waals surface area contributed by atoms with Crippen molar-refractivity contribution < 1.29 is 13.2 Å². The Kier molecular flexibility index (Phi) is 6.06. The van der Waals surface area contributed by atoms with E-state index < -0.39 is 10.0 Å². The minimum absolute atomic E-state index is 0.223. The van der Waals surface area contributed by atoms with Gasteiger partial charge in [0.2, 0.25) is 0 Å². The molecule has 2 aliphatic heterocycles. The van der Waals surface area contributed by atoms with Crippen molar-refractivity contribution in [2.45, 2.75) is 43.6 Å². The third kappa shape index (κ3) is 4.26. The van der Waals surface area contributed by atoms with Gasteiger partial charge < -0.3 is 9.64 Å². The molecule has 0 bridgehead atoms. The second-order valence-electron chi connectivity index (χ2n) is 7.73. The average Bonchev–Trinajstić information content (AvgIpc) is 3.30. The third-order valence-electron chi connectivity index (χ3n) is 5.99. The number of benzene rings is 1. The summed E-state index contributed by atoms with van der Waals surface area (Å²) in [5, 5.41) is 0. The molecule has 1 atom stereocenters. The van der Waals surface area contributed by atoms with Crippen LogP contribution in [0.5, 0.6) is 0 Å². The number of hydrogen-bond donors (Lipinski definition) is 0. The topological polar surface area (TPSA) is 62.7 Å². The van der Waals surface area contributed by atoms with E-state index in [1.54, 1.807) is 18.2 Å². The third-order valence-corrected chi connectivity index (χ3v) is 7.88. The van der Waals surface area contributed by atoms with Crippen LogP contribution in [-0.4, -0.2) is 45.7 Å². The van der Waals surface area contributed by atoms with Crippen molar-refractivity contribution in [3.05, 3.63) is 48.7 Å². The minimum Gasteiger partial charge on any atom is -0.378 e. The van der Waals surface area contributed by atoms with E-state index in [-0.39, 0.29) is 4.90 Å². The standard InChI is InChI=1S/C22H29N3O3S/c1-2-25(19-7-4-3-5-8-19)29(26,27)20-10-11-22(23-17-20)24-14-12-18(13-15-24)21-9-6-16-28-21/h3-5,7-8,10-11,17-18,21H,2,6,9,12-16H2,1H3. The average molecular weight is 416 g/mol. The quantitative estimate of drug-likeness (QED) is 0.720. The first-order chi connectivity index (χ1) is 14.1. The number of sulfonamides is 1. The first-order valence-corrected chi connectivity index (χ1v) is 11.9. The van der Waals surface area contributed by atoms with Gasteiger partial charge in [-0.3, -0.25) is 4.31 Å². The number of hydrogen-bond acceptors (Lipinski definition) is 5. The van der Waals surface area contributed by atoms with Gasteiger partial charge in [0.05, 0.1) is 11.8 Å². The molecule has 0 N–H and O–H groups in total. The monoisotopic (exact) mass is 415 g/mol. The lowest BCUT2D eigenvalue weighted by molar-refractivity contribution is 0.0531. The molecule has 6 nitrogen and oxygen atoms in total. The first kappa shape index (κ1) is 20.2. The Hall–Kier alpha value is -2.12. The molecule has 2 saturated heterocycles. The van der Waals surface area contributed by atoms with Crippen molar-refractivity contribution in [2.24, 2.45) is 5.92 Å². The second kappa shape index (κ2) is 8.71. The molecule has 1 aromatic carbocycles.